The zero-order valence-electron chi connectivity index (χ0n) is 14.8. The van der Waals surface area contributed by atoms with Crippen molar-refractivity contribution in [3.63, 3.8) is 0 Å². The average Bonchev–Trinajstić information content (AvgIpc) is 2.64. The second-order valence-electron chi connectivity index (χ2n) is 6.39. The number of ketones is 1. The van der Waals surface area contributed by atoms with Gasteiger partial charge in [-0.05, 0) is 47.5 Å². The number of nitrogens with zero attached hydrogens (tertiary/aromatic N) is 1. The first-order valence-electron chi connectivity index (χ1n) is 8.36. The quantitative estimate of drug-likeness (QED) is 0.506. The second-order valence-corrected chi connectivity index (χ2v) is 8.02. The molecular weight excluding hydrogens is 440 g/mol. The maximum Gasteiger partial charge on any atom is 0.220 e. The number of carbonyl (C=O) groups excluding carboxylic acids is 2. The monoisotopic (exact) mass is 453 g/mol. The topological polar surface area (TPSA) is 37.4 Å². The van der Waals surface area contributed by atoms with Crippen LogP contribution in [-0.2, 0) is 9.59 Å². The molecule has 0 bridgehead atoms. The summed E-state index contributed by atoms with van der Waals surface area (Å²) in [6.07, 6.45) is 3.45. The Bertz CT molecular complexity index is 954. The summed E-state index contributed by atoms with van der Waals surface area (Å²) in [5, 5.41) is 1.66. The zero-order valence-corrected chi connectivity index (χ0v) is 17.8. The Morgan fingerprint density at radius 2 is 1.25 bits per heavy atom. The number of hydrogen-bond acceptors (Lipinski definition) is 2. The molecule has 1 aliphatic heterocycles. The van der Waals surface area contributed by atoms with E-state index in [1.54, 1.807) is 53.5 Å². The highest BCUT2D eigenvalue weighted by Gasteiger charge is 2.27. The predicted octanol–water partition coefficient (Wildman–Crippen LogP) is 6.20. The summed E-state index contributed by atoms with van der Waals surface area (Å²) in [6.45, 7) is 1.93. The van der Waals surface area contributed by atoms with Crippen LogP contribution in [0.5, 0.6) is 0 Å². The summed E-state index contributed by atoms with van der Waals surface area (Å²) < 4.78 is 0. The third-order valence-electron chi connectivity index (χ3n) is 4.32. The molecule has 3 rings (SSSR count). The minimum Gasteiger partial charge on any atom is -0.334 e. The molecule has 0 saturated carbocycles. The van der Waals surface area contributed by atoms with Crippen molar-refractivity contribution in [3.05, 3.63) is 78.8 Å². The van der Waals surface area contributed by atoms with Crippen molar-refractivity contribution in [1.82, 2.24) is 4.90 Å². The molecule has 1 amide bonds. The molecule has 1 aliphatic rings. The Labute approximate surface area is 183 Å². The Morgan fingerprint density at radius 3 is 1.61 bits per heavy atom. The largest absolute Gasteiger partial charge is 0.334 e. The Morgan fingerprint density at radius 1 is 0.821 bits per heavy atom. The number of hydrogen-bond donors (Lipinski definition) is 0. The maximum absolute atomic E-state index is 13.0. The van der Waals surface area contributed by atoms with E-state index in [0.29, 0.717) is 31.2 Å². The number of halogens is 4. The fourth-order valence-electron chi connectivity index (χ4n) is 2.87. The Kier molecular flexibility index (Phi) is 6.51. The lowest BCUT2D eigenvalue weighted by atomic mass is 9.94. The van der Waals surface area contributed by atoms with E-state index in [1.807, 2.05) is 0 Å². The van der Waals surface area contributed by atoms with Gasteiger partial charge in [0.15, 0.2) is 5.78 Å². The number of carbonyl (C=O) groups is 2. The number of amides is 1. The van der Waals surface area contributed by atoms with Crippen LogP contribution in [-0.4, -0.2) is 29.7 Å². The van der Waals surface area contributed by atoms with Gasteiger partial charge in [0, 0.05) is 31.2 Å². The van der Waals surface area contributed by atoms with E-state index in [2.05, 4.69) is 0 Å². The van der Waals surface area contributed by atoms with Crippen LogP contribution in [0.3, 0.4) is 0 Å². The highest BCUT2D eigenvalue weighted by Crippen LogP contribution is 2.28. The van der Waals surface area contributed by atoms with Crippen LogP contribution in [0.25, 0.3) is 12.2 Å². The molecule has 0 atom stereocenters. The summed E-state index contributed by atoms with van der Waals surface area (Å²) in [5.41, 5.74) is 2.45. The summed E-state index contributed by atoms with van der Waals surface area (Å²) in [6, 6.07) is 10.2. The summed E-state index contributed by atoms with van der Waals surface area (Å²) in [4.78, 5) is 26.6. The number of Topliss-reactive ketones (excluding diaryl/α,β-unsaturated/α-hetero) is 1. The molecule has 7 heteroatoms. The van der Waals surface area contributed by atoms with Crippen LogP contribution >= 0.6 is 46.4 Å². The van der Waals surface area contributed by atoms with E-state index in [-0.39, 0.29) is 24.8 Å². The molecule has 1 fully saturated rings. The van der Waals surface area contributed by atoms with Crippen LogP contribution < -0.4 is 0 Å². The Hall–Kier alpha value is -1.78. The molecule has 0 aromatic heterocycles. The van der Waals surface area contributed by atoms with Gasteiger partial charge in [-0.1, -0.05) is 58.5 Å². The van der Waals surface area contributed by atoms with Crippen molar-refractivity contribution >= 4 is 70.2 Å². The maximum atomic E-state index is 13.0. The van der Waals surface area contributed by atoms with Crippen LogP contribution in [0, 0.1) is 0 Å². The van der Waals surface area contributed by atoms with Crippen LogP contribution in [0.1, 0.15) is 18.1 Å². The molecular formula is C21H15Cl4NO2. The van der Waals surface area contributed by atoms with E-state index < -0.39 is 0 Å². The third-order valence-corrected chi connectivity index (χ3v) is 5.80. The lowest BCUT2D eigenvalue weighted by Crippen LogP contribution is -2.40. The summed E-state index contributed by atoms with van der Waals surface area (Å²) in [5.74, 6) is -0.248. The first-order chi connectivity index (χ1) is 13.2. The van der Waals surface area contributed by atoms with Gasteiger partial charge in [-0.3, -0.25) is 9.59 Å². The summed E-state index contributed by atoms with van der Waals surface area (Å²) in [7, 11) is 0. The van der Waals surface area contributed by atoms with E-state index in [9.17, 15) is 9.59 Å². The van der Waals surface area contributed by atoms with Crippen molar-refractivity contribution in [3.8, 4) is 0 Å². The van der Waals surface area contributed by atoms with Gasteiger partial charge in [-0.15, -0.1) is 0 Å². The van der Waals surface area contributed by atoms with Crippen LogP contribution in [0.4, 0.5) is 0 Å². The number of benzene rings is 2. The second kappa shape index (κ2) is 8.71. The van der Waals surface area contributed by atoms with Crippen molar-refractivity contribution in [2.75, 3.05) is 13.1 Å². The highest BCUT2D eigenvalue weighted by atomic mass is 35.5. The van der Waals surface area contributed by atoms with E-state index in [1.165, 1.54) is 6.92 Å². The smallest absolute Gasteiger partial charge is 0.220 e. The van der Waals surface area contributed by atoms with Crippen LogP contribution in [0.2, 0.25) is 20.1 Å². The molecule has 3 nitrogen and oxygen atoms in total. The normalized spacial score (nSPS) is 17.5. The zero-order chi connectivity index (χ0) is 20.4. The van der Waals surface area contributed by atoms with E-state index in [4.69, 9.17) is 46.4 Å². The first-order valence-corrected chi connectivity index (χ1v) is 9.87. The molecule has 2 aromatic rings. The van der Waals surface area contributed by atoms with E-state index in [0.717, 1.165) is 11.1 Å². The molecule has 28 heavy (non-hydrogen) atoms. The van der Waals surface area contributed by atoms with Gasteiger partial charge in [0.25, 0.3) is 0 Å². The van der Waals surface area contributed by atoms with Gasteiger partial charge in [-0.2, -0.15) is 0 Å². The number of rotatable bonds is 2. The minimum absolute atomic E-state index is 0.118. The van der Waals surface area contributed by atoms with Crippen LogP contribution in [0.15, 0.2) is 47.5 Å². The molecule has 144 valence electrons. The van der Waals surface area contributed by atoms with Crippen molar-refractivity contribution < 1.29 is 9.59 Å². The van der Waals surface area contributed by atoms with Gasteiger partial charge in [0.05, 0.1) is 20.1 Å². The lowest BCUT2D eigenvalue weighted by Gasteiger charge is -2.29. The standard InChI is InChI=1S/C21H15Cl4NO2/c1-12(27)26-10-15(6-13-2-4-17(22)19(24)8-13)21(28)16(11-26)7-14-3-5-18(23)20(25)9-14/h2-9H,10-11H2,1H3/b15-6-,16-7+. The molecule has 0 spiro atoms. The molecule has 1 heterocycles. The first kappa shape index (κ1) is 20.9. The average molecular weight is 455 g/mol. The van der Waals surface area contributed by atoms with Crippen molar-refractivity contribution in [2.45, 2.75) is 6.92 Å². The molecule has 2 aromatic carbocycles. The van der Waals surface area contributed by atoms with Gasteiger partial charge in [0.1, 0.15) is 0 Å². The molecule has 0 N–H and O–H groups in total. The number of piperidine rings is 1. The van der Waals surface area contributed by atoms with Gasteiger partial charge >= 0.3 is 0 Å². The van der Waals surface area contributed by atoms with Crippen molar-refractivity contribution in [2.24, 2.45) is 0 Å². The number of likely N-dealkylation sites (tertiary alicyclic amines) is 1. The minimum atomic E-state index is -0.130. The van der Waals surface area contributed by atoms with E-state index >= 15 is 0 Å². The van der Waals surface area contributed by atoms with Gasteiger partial charge in [0.2, 0.25) is 5.91 Å². The SMILES string of the molecule is CC(=O)N1C/C(=C/c2ccc(Cl)c(Cl)c2)C(=O)/C(=C/c2ccc(Cl)c(Cl)c2)C1. The molecule has 1 saturated heterocycles. The lowest BCUT2D eigenvalue weighted by molar-refractivity contribution is -0.129. The predicted molar refractivity (Wildman–Crippen MR) is 116 cm³/mol. The van der Waals surface area contributed by atoms with Gasteiger partial charge < -0.3 is 4.90 Å². The fourth-order valence-corrected chi connectivity index (χ4v) is 3.48. The molecule has 0 unspecified atom stereocenters. The van der Waals surface area contributed by atoms with Gasteiger partial charge in [-0.25, -0.2) is 0 Å². The molecule has 0 aliphatic carbocycles. The third kappa shape index (κ3) is 4.79. The molecule has 0 radical (unpaired) electrons. The van der Waals surface area contributed by atoms with Crippen molar-refractivity contribution in [1.29, 1.82) is 0 Å². The summed E-state index contributed by atoms with van der Waals surface area (Å²) >= 11 is 24.0. The Balaban J connectivity index is 2.01. The highest BCUT2D eigenvalue weighted by molar-refractivity contribution is 6.42. The fraction of sp³-hybridized carbons (Fsp3) is 0.143.